The van der Waals surface area contributed by atoms with Gasteiger partial charge in [0.25, 0.3) is 0 Å². The minimum Gasteiger partial charge on any atom is -0.372 e. The van der Waals surface area contributed by atoms with Gasteiger partial charge in [-0.05, 0) is 43.9 Å². The third kappa shape index (κ3) is 4.02. The first kappa shape index (κ1) is 17.1. The first-order valence-electron chi connectivity index (χ1n) is 8.71. The number of ether oxygens (including phenoxy) is 1. The Morgan fingerprint density at radius 1 is 1.38 bits per heavy atom. The van der Waals surface area contributed by atoms with Gasteiger partial charge < -0.3 is 10.1 Å². The van der Waals surface area contributed by atoms with Crippen LogP contribution in [0.25, 0.3) is 0 Å². The van der Waals surface area contributed by atoms with E-state index in [9.17, 15) is 4.39 Å². The zero-order valence-electron chi connectivity index (χ0n) is 14.4. The Labute approximate surface area is 143 Å². The lowest BCUT2D eigenvalue weighted by molar-refractivity contribution is 0.0832. The maximum atomic E-state index is 13.7. The molecule has 0 spiro atoms. The average molecular weight is 331 g/mol. The number of aryl methyl sites for hydroxylation is 2. The Morgan fingerprint density at radius 3 is 2.96 bits per heavy atom. The number of halogens is 1. The van der Waals surface area contributed by atoms with E-state index in [4.69, 9.17) is 4.74 Å². The highest BCUT2D eigenvalue weighted by atomic mass is 19.1. The summed E-state index contributed by atoms with van der Waals surface area (Å²) >= 11 is 0. The summed E-state index contributed by atoms with van der Waals surface area (Å²) < 4.78 is 21.5. The molecular weight excluding hydrogens is 305 g/mol. The Morgan fingerprint density at radius 2 is 2.21 bits per heavy atom. The Kier molecular flexibility index (Phi) is 5.63. The van der Waals surface area contributed by atoms with Gasteiger partial charge in [0, 0.05) is 38.4 Å². The fourth-order valence-corrected chi connectivity index (χ4v) is 3.36. The number of rotatable bonds is 7. The molecule has 1 aliphatic rings. The highest BCUT2D eigenvalue weighted by Gasteiger charge is 2.31. The maximum absolute atomic E-state index is 13.7. The predicted octanol–water partition coefficient (Wildman–Crippen LogP) is 3.25. The molecule has 130 valence electrons. The SMILES string of the molecule is C[C@H](CCc1ccccc1F)NC[C@@H]1CCO[C@H]1c1ccnn1C. The van der Waals surface area contributed by atoms with Gasteiger partial charge in [-0.2, -0.15) is 5.10 Å². The quantitative estimate of drug-likeness (QED) is 0.846. The van der Waals surface area contributed by atoms with Gasteiger partial charge in [0.2, 0.25) is 0 Å². The Balaban J connectivity index is 1.48. The van der Waals surface area contributed by atoms with Crippen LogP contribution in [-0.4, -0.2) is 29.0 Å². The van der Waals surface area contributed by atoms with Gasteiger partial charge in [-0.3, -0.25) is 4.68 Å². The largest absolute Gasteiger partial charge is 0.372 e. The van der Waals surface area contributed by atoms with Crippen LogP contribution in [0, 0.1) is 11.7 Å². The van der Waals surface area contributed by atoms with Gasteiger partial charge >= 0.3 is 0 Å². The van der Waals surface area contributed by atoms with Crippen LogP contribution >= 0.6 is 0 Å². The molecule has 3 atom stereocenters. The van der Waals surface area contributed by atoms with Crippen molar-refractivity contribution in [3.63, 3.8) is 0 Å². The predicted molar refractivity (Wildman–Crippen MR) is 92.2 cm³/mol. The van der Waals surface area contributed by atoms with Crippen LogP contribution in [0.5, 0.6) is 0 Å². The lowest BCUT2D eigenvalue weighted by Crippen LogP contribution is -2.33. The summed E-state index contributed by atoms with van der Waals surface area (Å²) in [6, 6.07) is 9.40. The van der Waals surface area contributed by atoms with Gasteiger partial charge in [-0.25, -0.2) is 4.39 Å². The lowest BCUT2D eigenvalue weighted by Gasteiger charge is -2.22. The summed E-state index contributed by atoms with van der Waals surface area (Å²) in [7, 11) is 1.96. The van der Waals surface area contributed by atoms with Crippen molar-refractivity contribution in [3.8, 4) is 0 Å². The molecule has 3 rings (SSSR count). The van der Waals surface area contributed by atoms with Gasteiger partial charge in [0.05, 0.1) is 5.69 Å². The fraction of sp³-hybridized carbons (Fsp3) is 0.526. The number of aromatic nitrogens is 2. The first-order valence-corrected chi connectivity index (χ1v) is 8.71. The highest BCUT2D eigenvalue weighted by molar-refractivity contribution is 5.17. The van der Waals surface area contributed by atoms with Crippen molar-refractivity contribution in [1.29, 1.82) is 0 Å². The third-order valence-corrected chi connectivity index (χ3v) is 4.90. The van der Waals surface area contributed by atoms with Crippen LogP contribution in [0.2, 0.25) is 0 Å². The molecule has 0 unspecified atom stereocenters. The molecular formula is C19H26FN3O. The third-order valence-electron chi connectivity index (χ3n) is 4.90. The minimum absolute atomic E-state index is 0.106. The zero-order chi connectivity index (χ0) is 16.9. The summed E-state index contributed by atoms with van der Waals surface area (Å²) in [6.45, 7) is 3.87. The van der Waals surface area contributed by atoms with Crippen molar-refractivity contribution >= 4 is 0 Å². The second kappa shape index (κ2) is 7.90. The molecule has 1 aromatic heterocycles. The lowest BCUT2D eigenvalue weighted by atomic mass is 9.98. The second-order valence-electron chi connectivity index (χ2n) is 6.66. The van der Waals surface area contributed by atoms with E-state index >= 15 is 0 Å². The summed E-state index contributed by atoms with van der Waals surface area (Å²) in [5, 5.41) is 7.84. The summed E-state index contributed by atoms with van der Waals surface area (Å²) in [5.74, 6) is 0.349. The number of nitrogens with zero attached hydrogens (tertiary/aromatic N) is 2. The molecule has 0 saturated carbocycles. The van der Waals surface area contributed by atoms with E-state index in [1.807, 2.05) is 36.1 Å². The Hall–Kier alpha value is -1.72. The monoisotopic (exact) mass is 331 g/mol. The highest BCUT2D eigenvalue weighted by Crippen LogP contribution is 2.33. The molecule has 1 saturated heterocycles. The van der Waals surface area contributed by atoms with Crippen LogP contribution in [0.3, 0.4) is 0 Å². The van der Waals surface area contributed by atoms with Gasteiger partial charge in [0.15, 0.2) is 0 Å². The summed E-state index contributed by atoms with van der Waals surface area (Å²) in [5.41, 5.74) is 1.93. The molecule has 1 N–H and O–H groups in total. The molecule has 4 nitrogen and oxygen atoms in total. The molecule has 1 aromatic carbocycles. The molecule has 0 radical (unpaired) electrons. The molecule has 2 aromatic rings. The molecule has 1 fully saturated rings. The minimum atomic E-state index is -0.106. The van der Waals surface area contributed by atoms with E-state index in [1.165, 1.54) is 6.07 Å². The number of hydrogen-bond acceptors (Lipinski definition) is 3. The van der Waals surface area contributed by atoms with E-state index in [0.29, 0.717) is 12.0 Å². The summed E-state index contributed by atoms with van der Waals surface area (Å²) in [6.07, 6.45) is 4.67. The van der Waals surface area contributed by atoms with Gasteiger partial charge in [0.1, 0.15) is 11.9 Å². The van der Waals surface area contributed by atoms with Gasteiger partial charge in [-0.15, -0.1) is 0 Å². The van der Waals surface area contributed by atoms with Gasteiger partial charge in [-0.1, -0.05) is 18.2 Å². The number of nitrogens with one attached hydrogen (secondary N) is 1. The van der Waals surface area contributed by atoms with Crippen molar-refractivity contribution in [1.82, 2.24) is 15.1 Å². The zero-order valence-corrected chi connectivity index (χ0v) is 14.4. The van der Waals surface area contributed by atoms with Crippen molar-refractivity contribution in [2.75, 3.05) is 13.2 Å². The smallest absolute Gasteiger partial charge is 0.126 e. The van der Waals surface area contributed by atoms with Crippen molar-refractivity contribution in [3.05, 3.63) is 53.6 Å². The van der Waals surface area contributed by atoms with Crippen LogP contribution in [0.4, 0.5) is 4.39 Å². The Bertz CT molecular complexity index is 658. The van der Waals surface area contributed by atoms with Crippen LogP contribution in [0.15, 0.2) is 36.5 Å². The van der Waals surface area contributed by atoms with E-state index in [-0.39, 0.29) is 11.9 Å². The molecule has 2 heterocycles. The van der Waals surface area contributed by atoms with E-state index in [0.717, 1.165) is 43.7 Å². The standard InChI is InChI=1S/C19H26FN3O/c1-14(7-8-15-5-3-4-6-17(15)20)21-13-16-10-12-24-19(16)18-9-11-22-23(18)2/h3-6,9,11,14,16,19,21H,7-8,10,12-13H2,1-2H3/t14-,16+,19-/m1/s1. The fourth-order valence-electron chi connectivity index (χ4n) is 3.36. The topological polar surface area (TPSA) is 39.1 Å². The number of hydrogen-bond donors (Lipinski definition) is 1. The first-order chi connectivity index (χ1) is 11.6. The number of benzene rings is 1. The molecule has 0 bridgehead atoms. The van der Waals surface area contributed by atoms with Crippen molar-refractivity contribution in [2.24, 2.45) is 13.0 Å². The van der Waals surface area contributed by atoms with E-state index < -0.39 is 0 Å². The van der Waals surface area contributed by atoms with Crippen molar-refractivity contribution in [2.45, 2.75) is 38.3 Å². The maximum Gasteiger partial charge on any atom is 0.126 e. The molecule has 5 heteroatoms. The van der Waals surface area contributed by atoms with Crippen LogP contribution in [-0.2, 0) is 18.2 Å². The van der Waals surface area contributed by atoms with Crippen molar-refractivity contribution < 1.29 is 9.13 Å². The van der Waals surface area contributed by atoms with E-state index in [2.05, 4.69) is 17.3 Å². The molecule has 24 heavy (non-hydrogen) atoms. The normalized spacial score (nSPS) is 22.0. The molecule has 1 aliphatic heterocycles. The van der Waals surface area contributed by atoms with Crippen LogP contribution in [0.1, 0.15) is 37.1 Å². The molecule has 0 amide bonds. The average Bonchev–Trinajstić information content (AvgIpc) is 3.20. The second-order valence-corrected chi connectivity index (χ2v) is 6.66. The molecule has 0 aliphatic carbocycles. The van der Waals surface area contributed by atoms with Crippen LogP contribution < -0.4 is 5.32 Å². The summed E-state index contributed by atoms with van der Waals surface area (Å²) in [4.78, 5) is 0. The van der Waals surface area contributed by atoms with E-state index in [1.54, 1.807) is 6.07 Å².